The molecule has 2 aliphatic heterocycles. The van der Waals surface area contributed by atoms with Crippen LogP contribution in [0.2, 0.25) is 0 Å². The lowest BCUT2D eigenvalue weighted by atomic mass is 9.85. The Bertz CT molecular complexity index is 796. The number of piperazine rings is 1. The average Bonchev–Trinajstić information content (AvgIpc) is 3.15. The van der Waals surface area contributed by atoms with Gasteiger partial charge < -0.3 is 14.5 Å². The van der Waals surface area contributed by atoms with E-state index in [2.05, 4.69) is 0 Å². The van der Waals surface area contributed by atoms with E-state index in [4.69, 9.17) is 4.74 Å². The summed E-state index contributed by atoms with van der Waals surface area (Å²) in [5.74, 6) is -0.0925. The van der Waals surface area contributed by atoms with E-state index in [0.717, 1.165) is 31.2 Å². The molecule has 5 atom stereocenters. The first-order valence-electron chi connectivity index (χ1n) is 11.4. The Morgan fingerprint density at radius 1 is 1.13 bits per heavy atom. The number of aryl methyl sites for hydroxylation is 1. The van der Waals surface area contributed by atoms with Crippen LogP contribution < -0.4 is 0 Å². The van der Waals surface area contributed by atoms with Gasteiger partial charge in [-0.25, -0.2) is 4.79 Å². The van der Waals surface area contributed by atoms with Crippen LogP contribution in [0.5, 0.6) is 0 Å². The van der Waals surface area contributed by atoms with Gasteiger partial charge in [0.15, 0.2) is 0 Å². The Hall–Kier alpha value is -2.37. The van der Waals surface area contributed by atoms with Gasteiger partial charge in [0.25, 0.3) is 0 Å². The minimum atomic E-state index is -0.735. The molecule has 0 N–H and O–H groups in total. The normalized spacial score (nSPS) is 29.4. The molecule has 0 radical (unpaired) electrons. The summed E-state index contributed by atoms with van der Waals surface area (Å²) in [5, 5.41) is 0. The number of hydrogen-bond acceptors (Lipinski definition) is 4. The minimum Gasteiger partial charge on any atom is -0.464 e. The maximum atomic E-state index is 13.6. The van der Waals surface area contributed by atoms with E-state index in [1.807, 2.05) is 35.2 Å². The number of carbonyl (C=O) groups is 3. The highest BCUT2D eigenvalue weighted by atomic mass is 16.5. The fraction of sp³-hybridized carbons (Fsp3) is 0.625. The van der Waals surface area contributed by atoms with Gasteiger partial charge in [0.05, 0.1) is 6.61 Å². The Balaban J connectivity index is 1.58. The van der Waals surface area contributed by atoms with E-state index < -0.39 is 24.1 Å². The van der Waals surface area contributed by atoms with Gasteiger partial charge in [-0.2, -0.15) is 0 Å². The zero-order valence-electron chi connectivity index (χ0n) is 18.0. The van der Waals surface area contributed by atoms with Crippen molar-refractivity contribution in [1.82, 2.24) is 9.80 Å². The summed E-state index contributed by atoms with van der Waals surface area (Å²) in [7, 11) is 0. The van der Waals surface area contributed by atoms with E-state index in [1.165, 1.54) is 6.42 Å². The van der Waals surface area contributed by atoms with Crippen LogP contribution >= 0.6 is 0 Å². The van der Waals surface area contributed by atoms with Crippen LogP contribution in [0.15, 0.2) is 30.3 Å². The zero-order chi connectivity index (χ0) is 21.3. The second-order valence-electron chi connectivity index (χ2n) is 8.82. The predicted molar refractivity (Wildman–Crippen MR) is 112 cm³/mol. The van der Waals surface area contributed by atoms with Crippen molar-refractivity contribution in [2.45, 2.75) is 83.0 Å². The van der Waals surface area contributed by atoms with Crippen LogP contribution in [0.1, 0.15) is 57.9 Å². The number of esters is 1. The number of ether oxygens (including phenoxy) is 1. The number of carbonyl (C=O) groups excluding carboxylic acids is 3. The molecule has 3 fully saturated rings. The molecule has 2 amide bonds. The molecule has 2 heterocycles. The molecule has 4 rings (SSSR count). The molecular weight excluding hydrogens is 380 g/mol. The molecule has 3 aliphatic rings. The second kappa shape index (κ2) is 8.78. The van der Waals surface area contributed by atoms with Crippen molar-refractivity contribution in [3.63, 3.8) is 0 Å². The lowest BCUT2D eigenvalue weighted by Gasteiger charge is -2.46. The van der Waals surface area contributed by atoms with Crippen LogP contribution in [0.4, 0.5) is 0 Å². The number of nitrogens with zero attached hydrogens (tertiary/aromatic N) is 2. The molecule has 0 bridgehead atoms. The number of rotatable bonds is 6. The van der Waals surface area contributed by atoms with Gasteiger partial charge in [-0.1, -0.05) is 43.2 Å². The molecule has 162 valence electrons. The SMILES string of the molecule is CCOC(=O)[C@H](CCc1ccccc1)N1C(=O)[C@@H]2C[C@H]3CCCC[C@H]3N2C(=O)[C@H]1C. The first-order valence-corrected chi connectivity index (χ1v) is 11.4. The molecule has 0 aromatic heterocycles. The molecule has 0 unspecified atom stereocenters. The smallest absolute Gasteiger partial charge is 0.328 e. The number of hydrogen-bond donors (Lipinski definition) is 0. The molecule has 1 aromatic carbocycles. The standard InChI is InChI=1S/C24H32N2O4/c1-3-30-24(29)20(14-13-17-9-5-4-6-10-17)25-16(2)22(27)26-19-12-8-7-11-18(19)15-21(26)23(25)28/h4-6,9-10,16,18-21H,3,7-8,11-15H2,1-2H3/t16-,18-,19-,20+,21+/m1/s1. The van der Waals surface area contributed by atoms with Crippen LogP contribution in [-0.2, 0) is 25.5 Å². The average molecular weight is 413 g/mol. The first kappa shape index (κ1) is 20.9. The van der Waals surface area contributed by atoms with E-state index >= 15 is 0 Å². The van der Waals surface area contributed by atoms with Gasteiger partial charge in [0.2, 0.25) is 11.8 Å². The van der Waals surface area contributed by atoms with Crippen molar-refractivity contribution in [1.29, 1.82) is 0 Å². The Labute approximate surface area is 178 Å². The molecule has 6 nitrogen and oxygen atoms in total. The van der Waals surface area contributed by atoms with Crippen molar-refractivity contribution >= 4 is 17.8 Å². The Morgan fingerprint density at radius 3 is 2.60 bits per heavy atom. The van der Waals surface area contributed by atoms with E-state index in [1.54, 1.807) is 18.7 Å². The van der Waals surface area contributed by atoms with Crippen LogP contribution in [0.25, 0.3) is 0 Å². The van der Waals surface area contributed by atoms with Crippen molar-refractivity contribution in [3.8, 4) is 0 Å². The maximum absolute atomic E-state index is 13.6. The fourth-order valence-corrected chi connectivity index (χ4v) is 5.68. The third-order valence-corrected chi connectivity index (χ3v) is 7.10. The van der Waals surface area contributed by atoms with Gasteiger partial charge in [-0.05, 0) is 57.4 Å². The van der Waals surface area contributed by atoms with Crippen LogP contribution in [-0.4, -0.2) is 58.4 Å². The molecule has 6 heteroatoms. The lowest BCUT2D eigenvalue weighted by molar-refractivity contribution is -0.170. The van der Waals surface area contributed by atoms with Crippen molar-refractivity contribution in [2.75, 3.05) is 6.61 Å². The van der Waals surface area contributed by atoms with E-state index in [0.29, 0.717) is 18.8 Å². The summed E-state index contributed by atoms with van der Waals surface area (Å²) >= 11 is 0. The number of amides is 2. The van der Waals surface area contributed by atoms with Crippen molar-refractivity contribution in [2.24, 2.45) is 5.92 Å². The van der Waals surface area contributed by atoms with Crippen LogP contribution in [0.3, 0.4) is 0 Å². The summed E-state index contributed by atoms with van der Waals surface area (Å²) < 4.78 is 5.33. The van der Waals surface area contributed by atoms with Gasteiger partial charge in [0, 0.05) is 6.04 Å². The molecule has 1 saturated carbocycles. The lowest BCUT2D eigenvalue weighted by Crippen LogP contribution is -2.67. The summed E-state index contributed by atoms with van der Waals surface area (Å²) in [5.41, 5.74) is 1.10. The summed E-state index contributed by atoms with van der Waals surface area (Å²) in [4.78, 5) is 43.2. The number of fused-ring (bicyclic) bond motifs is 3. The topological polar surface area (TPSA) is 66.9 Å². The van der Waals surface area contributed by atoms with E-state index in [9.17, 15) is 14.4 Å². The highest BCUT2D eigenvalue weighted by molar-refractivity contribution is 5.99. The summed E-state index contributed by atoms with van der Waals surface area (Å²) in [6, 6.07) is 8.30. The monoisotopic (exact) mass is 412 g/mol. The second-order valence-corrected chi connectivity index (χ2v) is 8.82. The molecule has 2 saturated heterocycles. The summed E-state index contributed by atoms with van der Waals surface area (Å²) in [6.07, 6.45) is 6.19. The fourth-order valence-electron chi connectivity index (χ4n) is 5.68. The Kier molecular flexibility index (Phi) is 6.11. The van der Waals surface area contributed by atoms with E-state index in [-0.39, 0.29) is 24.5 Å². The maximum Gasteiger partial charge on any atom is 0.328 e. The molecule has 1 aromatic rings. The molecule has 1 aliphatic carbocycles. The van der Waals surface area contributed by atoms with Gasteiger partial charge in [0.1, 0.15) is 18.1 Å². The molecule has 0 spiro atoms. The zero-order valence-corrected chi connectivity index (χ0v) is 18.0. The molecular formula is C24H32N2O4. The highest BCUT2D eigenvalue weighted by Gasteiger charge is 2.55. The minimum absolute atomic E-state index is 0.0111. The highest BCUT2D eigenvalue weighted by Crippen LogP contribution is 2.43. The first-order chi connectivity index (χ1) is 14.5. The van der Waals surface area contributed by atoms with Crippen LogP contribution in [0, 0.1) is 5.92 Å². The Morgan fingerprint density at radius 2 is 1.87 bits per heavy atom. The quantitative estimate of drug-likeness (QED) is 0.674. The van der Waals surface area contributed by atoms with Crippen molar-refractivity contribution in [3.05, 3.63) is 35.9 Å². The largest absolute Gasteiger partial charge is 0.464 e. The third-order valence-electron chi connectivity index (χ3n) is 7.10. The predicted octanol–water partition coefficient (Wildman–Crippen LogP) is 2.94. The van der Waals surface area contributed by atoms with Gasteiger partial charge >= 0.3 is 5.97 Å². The number of benzene rings is 1. The van der Waals surface area contributed by atoms with Gasteiger partial charge in [-0.3, -0.25) is 9.59 Å². The van der Waals surface area contributed by atoms with Gasteiger partial charge in [-0.15, -0.1) is 0 Å². The molecule has 30 heavy (non-hydrogen) atoms. The summed E-state index contributed by atoms with van der Waals surface area (Å²) in [6.45, 7) is 3.79. The van der Waals surface area contributed by atoms with Crippen molar-refractivity contribution < 1.29 is 19.1 Å². The third kappa shape index (κ3) is 3.72.